The third-order valence-corrected chi connectivity index (χ3v) is 5.37. The third kappa shape index (κ3) is 4.11. The molecule has 1 saturated heterocycles. The van der Waals surface area contributed by atoms with E-state index in [4.69, 9.17) is 4.74 Å². The van der Waals surface area contributed by atoms with Gasteiger partial charge < -0.3 is 19.9 Å². The van der Waals surface area contributed by atoms with Crippen LogP contribution in [0.2, 0.25) is 0 Å². The molecule has 0 aromatic heterocycles. The molecule has 0 bridgehead atoms. The van der Waals surface area contributed by atoms with Gasteiger partial charge in [-0.15, -0.1) is 0 Å². The maximum Gasteiger partial charge on any atom is 0.265 e. The highest BCUT2D eigenvalue weighted by molar-refractivity contribution is 5.98. The van der Waals surface area contributed by atoms with E-state index < -0.39 is 0 Å². The standard InChI is InChI=1S/C22H25N3O3/c26-21(11-13-25-19-8-4-5-9-20(19)28-16-22(25)27)23-14-17-10-12-24(15-17)18-6-2-1-3-7-18/h1-9,17H,10-16H2,(H,23,26). The number of carbonyl (C=O) groups is 2. The van der Waals surface area contributed by atoms with E-state index in [1.165, 1.54) is 5.69 Å². The number of nitrogens with one attached hydrogen (secondary N) is 1. The number of hydrogen-bond donors (Lipinski definition) is 1. The summed E-state index contributed by atoms with van der Waals surface area (Å²) in [6.07, 6.45) is 1.36. The summed E-state index contributed by atoms with van der Waals surface area (Å²) >= 11 is 0. The van der Waals surface area contributed by atoms with Gasteiger partial charge in [0.25, 0.3) is 5.91 Å². The number of carbonyl (C=O) groups excluding carboxylic acids is 2. The lowest BCUT2D eigenvalue weighted by atomic mass is 10.1. The number of nitrogens with zero attached hydrogens (tertiary/aromatic N) is 2. The van der Waals surface area contributed by atoms with Crippen molar-refractivity contribution in [1.82, 2.24) is 5.32 Å². The van der Waals surface area contributed by atoms with Crippen molar-refractivity contribution in [3.63, 3.8) is 0 Å². The largest absolute Gasteiger partial charge is 0.482 e. The fourth-order valence-electron chi connectivity index (χ4n) is 3.83. The molecule has 2 aromatic rings. The highest BCUT2D eigenvalue weighted by atomic mass is 16.5. The summed E-state index contributed by atoms with van der Waals surface area (Å²) in [5, 5.41) is 3.04. The predicted molar refractivity (Wildman–Crippen MR) is 109 cm³/mol. The quantitative estimate of drug-likeness (QED) is 0.838. The lowest BCUT2D eigenvalue weighted by Crippen LogP contribution is -2.41. The molecule has 2 amide bonds. The van der Waals surface area contributed by atoms with Crippen molar-refractivity contribution in [2.24, 2.45) is 5.92 Å². The summed E-state index contributed by atoms with van der Waals surface area (Å²) in [5.41, 5.74) is 1.97. The molecule has 2 aliphatic heterocycles. The van der Waals surface area contributed by atoms with Gasteiger partial charge in [0.1, 0.15) is 5.75 Å². The van der Waals surface area contributed by atoms with E-state index >= 15 is 0 Å². The molecule has 1 N–H and O–H groups in total. The Labute approximate surface area is 165 Å². The average molecular weight is 379 g/mol. The molecule has 0 radical (unpaired) electrons. The predicted octanol–water partition coefficient (Wildman–Crippen LogP) is 2.44. The van der Waals surface area contributed by atoms with Crippen molar-refractivity contribution < 1.29 is 14.3 Å². The Kier molecular flexibility index (Phi) is 5.46. The van der Waals surface area contributed by atoms with Crippen LogP contribution in [0.5, 0.6) is 5.75 Å². The van der Waals surface area contributed by atoms with Crippen molar-refractivity contribution in [3.8, 4) is 5.75 Å². The molecule has 2 heterocycles. The molecule has 1 fully saturated rings. The molecule has 0 saturated carbocycles. The van der Waals surface area contributed by atoms with Crippen LogP contribution < -0.4 is 19.9 Å². The number of ether oxygens (including phenoxy) is 1. The van der Waals surface area contributed by atoms with Crippen LogP contribution in [-0.2, 0) is 9.59 Å². The molecule has 2 aliphatic rings. The fraction of sp³-hybridized carbons (Fsp3) is 0.364. The minimum Gasteiger partial charge on any atom is -0.482 e. The van der Waals surface area contributed by atoms with Crippen molar-refractivity contribution >= 4 is 23.2 Å². The van der Waals surface area contributed by atoms with Crippen molar-refractivity contribution in [1.29, 1.82) is 0 Å². The Balaban J connectivity index is 1.24. The van der Waals surface area contributed by atoms with Crippen LogP contribution in [0.4, 0.5) is 11.4 Å². The summed E-state index contributed by atoms with van der Waals surface area (Å²) in [6, 6.07) is 17.8. The molecule has 2 aromatic carbocycles. The second kappa shape index (κ2) is 8.33. The molecular formula is C22H25N3O3. The lowest BCUT2D eigenvalue weighted by Gasteiger charge is -2.29. The summed E-state index contributed by atoms with van der Waals surface area (Å²) in [7, 11) is 0. The van der Waals surface area contributed by atoms with Gasteiger partial charge in [0.2, 0.25) is 5.91 Å². The summed E-state index contributed by atoms with van der Waals surface area (Å²) in [6.45, 7) is 3.04. The molecule has 1 unspecified atom stereocenters. The lowest BCUT2D eigenvalue weighted by molar-refractivity contribution is -0.122. The molecule has 28 heavy (non-hydrogen) atoms. The van der Waals surface area contributed by atoms with Crippen LogP contribution in [0, 0.1) is 5.92 Å². The van der Waals surface area contributed by atoms with Crippen LogP contribution >= 0.6 is 0 Å². The zero-order valence-corrected chi connectivity index (χ0v) is 15.8. The topological polar surface area (TPSA) is 61.9 Å². The van der Waals surface area contributed by atoms with E-state index in [1.807, 2.05) is 30.3 Å². The maximum absolute atomic E-state index is 12.3. The first kappa shape index (κ1) is 18.3. The van der Waals surface area contributed by atoms with Gasteiger partial charge >= 0.3 is 0 Å². The SMILES string of the molecule is O=C(CCN1C(=O)COc2ccccc21)NCC1CCN(c2ccccc2)C1. The molecule has 146 valence electrons. The number of benzene rings is 2. The Hall–Kier alpha value is -3.02. The van der Waals surface area contributed by atoms with Crippen molar-refractivity contribution in [2.75, 3.05) is 42.6 Å². The van der Waals surface area contributed by atoms with Crippen molar-refractivity contribution in [3.05, 3.63) is 54.6 Å². The number of fused-ring (bicyclic) bond motifs is 1. The van der Waals surface area contributed by atoms with Gasteiger partial charge in [0, 0.05) is 38.3 Å². The monoisotopic (exact) mass is 379 g/mol. The van der Waals surface area contributed by atoms with E-state index in [-0.39, 0.29) is 24.8 Å². The number of rotatable bonds is 6. The number of para-hydroxylation sites is 3. The second-order valence-electron chi connectivity index (χ2n) is 7.29. The van der Waals surface area contributed by atoms with Gasteiger partial charge in [0.15, 0.2) is 6.61 Å². The smallest absolute Gasteiger partial charge is 0.265 e. The molecule has 6 heteroatoms. The van der Waals surface area contributed by atoms with Crippen LogP contribution in [0.25, 0.3) is 0 Å². The van der Waals surface area contributed by atoms with E-state index in [9.17, 15) is 9.59 Å². The third-order valence-electron chi connectivity index (χ3n) is 5.37. The van der Waals surface area contributed by atoms with Crippen molar-refractivity contribution in [2.45, 2.75) is 12.8 Å². The number of hydrogen-bond acceptors (Lipinski definition) is 4. The van der Waals surface area contributed by atoms with Crippen LogP contribution in [0.15, 0.2) is 54.6 Å². The van der Waals surface area contributed by atoms with Gasteiger partial charge in [-0.2, -0.15) is 0 Å². The van der Waals surface area contributed by atoms with Crippen LogP contribution in [0.1, 0.15) is 12.8 Å². The summed E-state index contributed by atoms with van der Waals surface area (Å²) < 4.78 is 5.44. The summed E-state index contributed by atoms with van der Waals surface area (Å²) in [4.78, 5) is 28.5. The van der Waals surface area contributed by atoms with E-state index in [2.05, 4.69) is 34.5 Å². The normalized spacial score (nSPS) is 18.6. The van der Waals surface area contributed by atoms with Gasteiger partial charge in [0.05, 0.1) is 5.69 Å². The first-order valence-electron chi connectivity index (χ1n) is 9.79. The molecular weight excluding hydrogens is 354 g/mol. The molecule has 6 nitrogen and oxygen atoms in total. The molecule has 0 aliphatic carbocycles. The van der Waals surface area contributed by atoms with Gasteiger partial charge in [-0.05, 0) is 36.6 Å². The highest BCUT2D eigenvalue weighted by Gasteiger charge is 2.26. The molecule has 0 spiro atoms. The molecule has 1 atom stereocenters. The highest BCUT2D eigenvalue weighted by Crippen LogP contribution is 2.31. The maximum atomic E-state index is 12.3. The van der Waals surface area contributed by atoms with Crippen LogP contribution in [0.3, 0.4) is 0 Å². The minimum atomic E-state index is -0.110. The summed E-state index contributed by atoms with van der Waals surface area (Å²) in [5.74, 6) is 1.01. The number of amides is 2. The minimum absolute atomic E-state index is 0.0186. The fourth-order valence-corrected chi connectivity index (χ4v) is 3.83. The Morgan fingerprint density at radius 1 is 1.11 bits per heavy atom. The zero-order chi connectivity index (χ0) is 19.3. The molecule has 4 rings (SSSR count). The second-order valence-corrected chi connectivity index (χ2v) is 7.29. The van der Waals surface area contributed by atoms with E-state index in [0.29, 0.717) is 24.8 Å². The first-order chi connectivity index (χ1) is 13.7. The Morgan fingerprint density at radius 3 is 2.75 bits per heavy atom. The first-order valence-corrected chi connectivity index (χ1v) is 9.79. The van der Waals surface area contributed by atoms with E-state index in [1.54, 1.807) is 4.90 Å². The number of anilines is 2. The Morgan fingerprint density at radius 2 is 1.89 bits per heavy atom. The van der Waals surface area contributed by atoms with Gasteiger partial charge in [-0.1, -0.05) is 30.3 Å². The van der Waals surface area contributed by atoms with Gasteiger partial charge in [-0.3, -0.25) is 9.59 Å². The van der Waals surface area contributed by atoms with Crippen LogP contribution in [-0.4, -0.2) is 44.6 Å². The average Bonchev–Trinajstić information content (AvgIpc) is 3.21. The van der Waals surface area contributed by atoms with Gasteiger partial charge in [-0.25, -0.2) is 0 Å². The van der Waals surface area contributed by atoms with E-state index in [0.717, 1.165) is 25.2 Å². The zero-order valence-electron chi connectivity index (χ0n) is 15.8. The Bertz CT molecular complexity index is 840.